The molecule has 0 spiro atoms. The number of hydrogen-bond acceptors (Lipinski definition) is 2. The van der Waals surface area contributed by atoms with Gasteiger partial charge in [-0.1, -0.05) is 65.3 Å². The maximum absolute atomic E-state index is 6.53. The molecule has 1 heterocycles. The van der Waals surface area contributed by atoms with E-state index < -0.39 is 0 Å². The molecule has 0 radical (unpaired) electrons. The van der Waals surface area contributed by atoms with E-state index in [0.717, 1.165) is 37.2 Å². The van der Waals surface area contributed by atoms with Gasteiger partial charge >= 0.3 is 0 Å². The third-order valence-electron chi connectivity index (χ3n) is 6.02. The Hall–Kier alpha value is -2.22. The molecule has 0 unspecified atom stereocenters. The molecule has 4 rings (SSSR count). The average Bonchev–Trinajstić information content (AvgIpc) is 2.64. The number of ether oxygens (including phenoxy) is 1. The third-order valence-corrected chi connectivity index (χ3v) is 6.02. The normalized spacial score (nSPS) is 19.6. The summed E-state index contributed by atoms with van der Waals surface area (Å²) in [6.45, 7) is 13.7. The van der Waals surface area contributed by atoms with Crippen molar-refractivity contribution < 1.29 is 4.74 Å². The molecule has 0 atom stereocenters. The topological polar surface area (TPSA) is 12.5 Å². The van der Waals surface area contributed by atoms with Crippen LogP contribution in [0.15, 0.2) is 65.2 Å². The van der Waals surface area contributed by atoms with Crippen LogP contribution in [0.5, 0.6) is 5.75 Å². The summed E-state index contributed by atoms with van der Waals surface area (Å²) in [5, 5.41) is 0. The largest absolute Gasteiger partial charge is 0.453 e. The third kappa shape index (κ3) is 3.45. The number of fused-ring (bicyclic) bond motifs is 1. The molecule has 0 aromatic heterocycles. The summed E-state index contributed by atoms with van der Waals surface area (Å²) in [7, 11) is 0. The van der Waals surface area contributed by atoms with Gasteiger partial charge < -0.3 is 9.64 Å². The van der Waals surface area contributed by atoms with Crippen LogP contribution in [0.2, 0.25) is 0 Å². The number of rotatable bonds is 1. The van der Waals surface area contributed by atoms with Crippen LogP contribution in [-0.4, -0.2) is 0 Å². The molecule has 0 amide bonds. The SMILES string of the molecule is CC(C)(C)C1=CC2=C(CC1)N(C1=CC=CCC1)c1ccc(C(C)(C)C)cc1O2. The Morgan fingerprint density at radius 1 is 0.929 bits per heavy atom. The molecule has 1 aromatic carbocycles. The maximum Gasteiger partial charge on any atom is 0.151 e. The molecule has 28 heavy (non-hydrogen) atoms. The summed E-state index contributed by atoms with van der Waals surface area (Å²) in [5.41, 5.74) is 6.92. The molecule has 0 fully saturated rings. The van der Waals surface area contributed by atoms with Crippen molar-refractivity contribution in [1.82, 2.24) is 0 Å². The van der Waals surface area contributed by atoms with E-state index in [9.17, 15) is 0 Å². The van der Waals surface area contributed by atoms with Crippen LogP contribution < -0.4 is 9.64 Å². The summed E-state index contributed by atoms with van der Waals surface area (Å²) in [5.74, 6) is 2.01. The molecule has 0 bridgehead atoms. The molecular weight excluding hydrogens is 342 g/mol. The number of nitrogens with zero attached hydrogens (tertiary/aromatic N) is 1. The lowest BCUT2D eigenvalue weighted by atomic mass is 9.80. The molecule has 2 nitrogen and oxygen atoms in total. The fourth-order valence-electron chi connectivity index (χ4n) is 4.21. The van der Waals surface area contributed by atoms with Crippen molar-refractivity contribution in [1.29, 1.82) is 0 Å². The predicted octanol–water partition coefficient (Wildman–Crippen LogP) is 7.39. The summed E-state index contributed by atoms with van der Waals surface area (Å²) in [4.78, 5) is 2.47. The molecule has 3 aliphatic rings. The first kappa shape index (κ1) is 19.1. The molecule has 0 saturated heterocycles. The Morgan fingerprint density at radius 2 is 1.71 bits per heavy atom. The highest BCUT2D eigenvalue weighted by Crippen LogP contribution is 2.47. The van der Waals surface area contributed by atoms with Gasteiger partial charge in [-0.2, -0.15) is 0 Å². The molecule has 1 aromatic rings. The first-order valence-electron chi connectivity index (χ1n) is 10.6. The lowest BCUT2D eigenvalue weighted by Crippen LogP contribution is -2.31. The van der Waals surface area contributed by atoms with Gasteiger partial charge in [0.2, 0.25) is 0 Å². The molecule has 0 N–H and O–H groups in total. The van der Waals surface area contributed by atoms with Crippen molar-refractivity contribution in [3.63, 3.8) is 0 Å². The Kier molecular flexibility index (Phi) is 4.56. The highest BCUT2D eigenvalue weighted by molar-refractivity contribution is 5.71. The first-order chi connectivity index (χ1) is 13.1. The van der Waals surface area contributed by atoms with Crippen molar-refractivity contribution in [2.45, 2.75) is 72.6 Å². The van der Waals surface area contributed by atoms with Crippen LogP contribution in [0.1, 0.15) is 72.8 Å². The number of hydrogen-bond donors (Lipinski definition) is 0. The van der Waals surface area contributed by atoms with Crippen LogP contribution in [-0.2, 0) is 5.41 Å². The Labute approximate surface area is 170 Å². The van der Waals surface area contributed by atoms with Gasteiger partial charge in [0.1, 0.15) is 5.76 Å². The lowest BCUT2D eigenvalue weighted by molar-refractivity contribution is 0.400. The van der Waals surface area contributed by atoms with Crippen LogP contribution in [0.4, 0.5) is 5.69 Å². The van der Waals surface area contributed by atoms with E-state index in [0.29, 0.717) is 0 Å². The monoisotopic (exact) mass is 375 g/mol. The van der Waals surface area contributed by atoms with Crippen molar-refractivity contribution in [2.24, 2.45) is 5.41 Å². The number of allylic oxidation sites excluding steroid dienone is 7. The minimum atomic E-state index is 0.101. The van der Waals surface area contributed by atoms with Crippen molar-refractivity contribution in [2.75, 3.05) is 4.90 Å². The summed E-state index contributed by atoms with van der Waals surface area (Å²) < 4.78 is 6.53. The fraction of sp³-hybridized carbons (Fsp3) is 0.462. The average molecular weight is 376 g/mol. The van der Waals surface area contributed by atoms with Crippen molar-refractivity contribution in [3.8, 4) is 5.75 Å². The highest BCUT2D eigenvalue weighted by atomic mass is 16.5. The number of benzene rings is 1. The lowest BCUT2D eigenvalue weighted by Gasteiger charge is -2.40. The molecular formula is C26H33NO. The van der Waals surface area contributed by atoms with Gasteiger partial charge in [-0.05, 0) is 66.4 Å². The van der Waals surface area contributed by atoms with Crippen LogP contribution in [0.25, 0.3) is 0 Å². The minimum absolute atomic E-state index is 0.101. The van der Waals surface area contributed by atoms with E-state index >= 15 is 0 Å². The molecule has 1 aliphatic heterocycles. The quantitative estimate of drug-likeness (QED) is 0.507. The zero-order chi connectivity index (χ0) is 20.1. The van der Waals surface area contributed by atoms with E-state index in [2.05, 4.69) is 88.9 Å². The van der Waals surface area contributed by atoms with E-state index in [4.69, 9.17) is 4.74 Å². The van der Waals surface area contributed by atoms with Crippen LogP contribution in [0, 0.1) is 5.41 Å². The van der Waals surface area contributed by atoms with Crippen LogP contribution in [0.3, 0.4) is 0 Å². The standard InChI is InChI=1S/C26H33NO/c1-25(2,3)18-12-14-21-23(16-18)28-24-17-19(26(4,5)6)13-15-22(24)27(21)20-10-8-7-9-11-20/h7-8,10,12,14,16-17H,9,11,13,15H2,1-6H3. The fourth-order valence-corrected chi connectivity index (χ4v) is 4.21. The Morgan fingerprint density at radius 3 is 2.36 bits per heavy atom. The molecule has 2 heteroatoms. The van der Waals surface area contributed by atoms with Crippen LogP contribution >= 0.6 is 0 Å². The van der Waals surface area contributed by atoms with Gasteiger partial charge in [0.25, 0.3) is 0 Å². The molecule has 0 saturated carbocycles. The Balaban J connectivity index is 1.85. The van der Waals surface area contributed by atoms with Crippen molar-refractivity contribution >= 4 is 5.69 Å². The maximum atomic E-state index is 6.53. The van der Waals surface area contributed by atoms with Crippen molar-refractivity contribution in [3.05, 3.63) is 70.8 Å². The summed E-state index contributed by atoms with van der Waals surface area (Å²) in [6.07, 6.45) is 13.3. The van der Waals surface area contributed by atoms with Gasteiger partial charge in [-0.3, -0.25) is 0 Å². The zero-order valence-electron chi connectivity index (χ0n) is 18.2. The minimum Gasteiger partial charge on any atom is -0.453 e. The second-order valence-corrected chi connectivity index (χ2v) is 10.2. The second kappa shape index (κ2) is 6.69. The van der Waals surface area contributed by atoms with E-state index in [1.165, 1.54) is 28.2 Å². The van der Waals surface area contributed by atoms with Gasteiger partial charge in [0, 0.05) is 5.70 Å². The van der Waals surface area contributed by atoms with E-state index in [1.807, 2.05) is 0 Å². The smallest absolute Gasteiger partial charge is 0.151 e. The Bertz CT molecular complexity index is 913. The van der Waals surface area contributed by atoms with Gasteiger partial charge in [-0.25, -0.2) is 0 Å². The van der Waals surface area contributed by atoms with Gasteiger partial charge in [0.05, 0.1) is 11.4 Å². The summed E-state index contributed by atoms with van der Waals surface area (Å²) >= 11 is 0. The number of anilines is 1. The molecule has 2 aliphatic carbocycles. The van der Waals surface area contributed by atoms with Gasteiger partial charge in [-0.15, -0.1) is 0 Å². The highest BCUT2D eigenvalue weighted by Gasteiger charge is 2.33. The van der Waals surface area contributed by atoms with E-state index in [-0.39, 0.29) is 10.8 Å². The summed E-state index contributed by atoms with van der Waals surface area (Å²) in [6, 6.07) is 6.76. The zero-order valence-corrected chi connectivity index (χ0v) is 18.2. The second-order valence-electron chi connectivity index (χ2n) is 10.2. The first-order valence-corrected chi connectivity index (χ1v) is 10.6. The van der Waals surface area contributed by atoms with Gasteiger partial charge in [0.15, 0.2) is 5.75 Å². The van der Waals surface area contributed by atoms with E-state index in [1.54, 1.807) is 0 Å². The molecule has 148 valence electrons. The predicted molar refractivity (Wildman–Crippen MR) is 119 cm³/mol.